The van der Waals surface area contributed by atoms with Crippen molar-refractivity contribution in [2.24, 2.45) is 0 Å². The van der Waals surface area contributed by atoms with Crippen LogP contribution in [0.4, 0.5) is 14.5 Å². The maximum Gasteiger partial charge on any atom is 0.387 e. The van der Waals surface area contributed by atoms with Gasteiger partial charge in [0.25, 0.3) is 11.8 Å². The van der Waals surface area contributed by atoms with Crippen molar-refractivity contribution in [3.05, 3.63) is 48.0 Å². The van der Waals surface area contributed by atoms with Crippen LogP contribution in [0.1, 0.15) is 29.9 Å². The lowest BCUT2D eigenvalue weighted by molar-refractivity contribution is -0.0515. The zero-order valence-electron chi connectivity index (χ0n) is 17.4. The molecule has 0 saturated heterocycles. The van der Waals surface area contributed by atoms with Gasteiger partial charge in [0, 0.05) is 11.8 Å². The summed E-state index contributed by atoms with van der Waals surface area (Å²) >= 11 is 0. The topological polar surface area (TPSA) is 106 Å². The lowest BCUT2D eigenvalue weighted by Gasteiger charge is -2.16. The molecule has 11 heteroatoms. The Morgan fingerprint density at radius 3 is 2.75 bits per heavy atom. The van der Waals surface area contributed by atoms with E-state index in [0.717, 1.165) is 0 Å². The summed E-state index contributed by atoms with van der Waals surface area (Å²) in [6.45, 7) is 0.595. The molecule has 0 aromatic carbocycles. The number of pyridine rings is 2. The number of alkyl halides is 2. The molecule has 0 bridgehead atoms. The number of fused-ring (bicyclic) bond motifs is 1. The summed E-state index contributed by atoms with van der Waals surface area (Å²) in [4.78, 5) is 22.9. The molecule has 0 unspecified atom stereocenters. The second-order valence-corrected chi connectivity index (χ2v) is 7.51. The van der Waals surface area contributed by atoms with Gasteiger partial charge < -0.3 is 9.47 Å². The van der Waals surface area contributed by atoms with Crippen LogP contribution in [0.15, 0.2) is 36.8 Å². The lowest BCUT2D eigenvalue weighted by atomic mass is 10.1. The predicted molar refractivity (Wildman–Crippen MR) is 108 cm³/mol. The molecule has 4 rings (SSSR count). The third-order valence-electron chi connectivity index (χ3n) is 5.01. The summed E-state index contributed by atoms with van der Waals surface area (Å²) in [5.41, 5.74) is 1.49. The Hall–Kier alpha value is -4.07. The first kappa shape index (κ1) is 21.2. The van der Waals surface area contributed by atoms with E-state index in [9.17, 15) is 18.8 Å². The molecule has 1 amide bonds. The fraction of sp³-hybridized carbons (Fsp3) is 0.286. The van der Waals surface area contributed by atoms with Gasteiger partial charge in [-0.2, -0.15) is 19.1 Å². The number of ether oxygens (including phenoxy) is 2. The Morgan fingerprint density at radius 2 is 2.06 bits per heavy atom. The molecule has 1 aliphatic heterocycles. The van der Waals surface area contributed by atoms with Crippen LogP contribution in [-0.4, -0.2) is 39.4 Å². The van der Waals surface area contributed by atoms with Gasteiger partial charge in [0.1, 0.15) is 5.54 Å². The summed E-state index contributed by atoms with van der Waals surface area (Å²) in [5, 5.41) is 13.5. The van der Waals surface area contributed by atoms with Crippen molar-refractivity contribution in [1.29, 1.82) is 5.26 Å². The van der Waals surface area contributed by atoms with Crippen molar-refractivity contribution in [2.45, 2.75) is 32.5 Å². The summed E-state index contributed by atoms with van der Waals surface area (Å²) < 4.78 is 36.3. The van der Waals surface area contributed by atoms with Crippen molar-refractivity contribution < 1.29 is 23.0 Å². The standard InChI is InChI=1S/C21H18F2N6O3/c1-21(2,11-24)29-9-13(8-26-29)28-10-16-14(19(28)30)4-5-15(27-16)12-6-17(32-20(22)23)18(31-3)25-7-12/h4-9,20H,10H2,1-3H3. The number of amides is 1. The maximum absolute atomic E-state index is 12.9. The van der Waals surface area contributed by atoms with E-state index in [4.69, 9.17) is 4.74 Å². The summed E-state index contributed by atoms with van der Waals surface area (Å²) in [7, 11) is 1.30. The van der Waals surface area contributed by atoms with Crippen molar-refractivity contribution >= 4 is 11.6 Å². The summed E-state index contributed by atoms with van der Waals surface area (Å²) in [6, 6.07) is 6.74. The number of nitrogens with zero attached hydrogens (tertiary/aromatic N) is 6. The monoisotopic (exact) mass is 440 g/mol. The minimum atomic E-state index is -3.04. The number of anilines is 1. The average molecular weight is 440 g/mol. The van der Waals surface area contributed by atoms with Crippen LogP contribution in [0, 0.1) is 11.3 Å². The first-order valence-corrected chi connectivity index (χ1v) is 9.51. The van der Waals surface area contributed by atoms with Crippen LogP contribution < -0.4 is 14.4 Å². The van der Waals surface area contributed by atoms with E-state index >= 15 is 0 Å². The SMILES string of the molecule is COc1ncc(-c2ccc3c(n2)CN(c2cnn(C(C)(C)C#N)c2)C3=O)cc1OC(F)F. The van der Waals surface area contributed by atoms with Crippen molar-refractivity contribution in [1.82, 2.24) is 19.7 Å². The molecule has 9 nitrogen and oxygen atoms in total. The highest BCUT2D eigenvalue weighted by Crippen LogP contribution is 2.33. The van der Waals surface area contributed by atoms with Crippen LogP contribution in [0.3, 0.4) is 0 Å². The van der Waals surface area contributed by atoms with Gasteiger partial charge in [-0.25, -0.2) is 4.98 Å². The number of aromatic nitrogens is 4. The van der Waals surface area contributed by atoms with Gasteiger partial charge in [-0.15, -0.1) is 0 Å². The number of nitriles is 1. The second-order valence-electron chi connectivity index (χ2n) is 7.51. The second kappa shape index (κ2) is 7.88. The third-order valence-corrected chi connectivity index (χ3v) is 5.01. The van der Waals surface area contributed by atoms with Gasteiger partial charge in [0.15, 0.2) is 5.75 Å². The number of carbonyl (C=O) groups excluding carboxylic acids is 1. The number of methoxy groups -OCH3 is 1. The highest BCUT2D eigenvalue weighted by Gasteiger charge is 2.32. The maximum atomic E-state index is 12.9. The number of hydrogen-bond donors (Lipinski definition) is 0. The highest BCUT2D eigenvalue weighted by molar-refractivity contribution is 6.09. The van der Waals surface area contributed by atoms with Crippen molar-refractivity contribution in [2.75, 3.05) is 12.0 Å². The average Bonchev–Trinajstić information content (AvgIpc) is 3.38. The first-order valence-electron chi connectivity index (χ1n) is 9.51. The Labute approximate surface area is 181 Å². The van der Waals surface area contributed by atoms with Crippen LogP contribution in [0.25, 0.3) is 11.3 Å². The van der Waals surface area contributed by atoms with E-state index in [1.807, 2.05) is 0 Å². The Balaban J connectivity index is 1.64. The normalized spacial score (nSPS) is 13.3. The molecule has 0 saturated carbocycles. The lowest BCUT2D eigenvalue weighted by Crippen LogP contribution is -2.25. The Morgan fingerprint density at radius 1 is 1.28 bits per heavy atom. The van der Waals surface area contributed by atoms with Crippen LogP contribution in [-0.2, 0) is 12.1 Å². The number of halogens is 2. The molecule has 3 aromatic rings. The van der Waals surface area contributed by atoms with E-state index in [1.54, 1.807) is 32.2 Å². The van der Waals surface area contributed by atoms with E-state index in [-0.39, 0.29) is 24.1 Å². The quantitative estimate of drug-likeness (QED) is 0.578. The van der Waals surface area contributed by atoms with Crippen molar-refractivity contribution in [3.63, 3.8) is 0 Å². The Kier molecular flexibility index (Phi) is 5.22. The molecule has 0 spiro atoms. The van der Waals surface area contributed by atoms with E-state index in [1.165, 1.54) is 35.2 Å². The molecule has 0 N–H and O–H groups in total. The molecule has 4 heterocycles. The van der Waals surface area contributed by atoms with E-state index < -0.39 is 12.2 Å². The third kappa shape index (κ3) is 3.71. The minimum Gasteiger partial charge on any atom is -0.478 e. The van der Waals surface area contributed by atoms with Gasteiger partial charge in [-0.1, -0.05) is 0 Å². The number of rotatable bonds is 6. The molecule has 32 heavy (non-hydrogen) atoms. The number of carbonyl (C=O) groups is 1. The smallest absolute Gasteiger partial charge is 0.387 e. The molecule has 164 valence electrons. The fourth-order valence-electron chi connectivity index (χ4n) is 3.27. The summed E-state index contributed by atoms with van der Waals surface area (Å²) in [6.07, 6.45) is 4.58. The van der Waals surface area contributed by atoms with Gasteiger partial charge in [0.2, 0.25) is 0 Å². The summed E-state index contributed by atoms with van der Waals surface area (Å²) in [5.74, 6) is -0.538. The van der Waals surface area contributed by atoms with E-state index in [2.05, 4.69) is 25.9 Å². The van der Waals surface area contributed by atoms with Gasteiger partial charge in [-0.05, 0) is 32.0 Å². The fourth-order valence-corrected chi connectivity index (χ4v) is 3.27. The largest absolute Gasteiger partial charge is 0.478 e. The zero-order chi connectivity index (χ0) is 23.0. The molecule has 0 fully saturated rings. The van der Waals surface area contributed by atoms with Gasteiger partial charge >= 0.3 is 6.61 Å². The molecule has 1 aliphatic rings. The Bertz CT molecular complexity index is 1230. The van der Waals surface area contributed by atoms with Gasteiger partial charge in [0.05, 0.1) is 54.8 Å². The molecule has 3 aromatic heterocycles. The van der Waals surface area contributed by atoms with Crippen molar-refractivity contribution in [3.8, 4) is 29.0 Å². The van der Waals surface area contributed by atoms with E-state index in [0.29, 0.717) is 28.2 Å². The zero-order valence-corrected chi connectivity index (χ0v) is 17.4. The van der Waals surface area contributed by atoms with Crippen LogP contribution >= 0.6 is 0 Å². The van der Waals surface area contributed by atoms with Crippen LogP contribution in [0.2, 0.25) is 0 Å². The molecular formula is C21H18F2N6O3. The minimum absolute atomic E-state index is 0.0751. The highest BCUT2D eigenvalue weighted by atomic mass is 19.3. The molecule has 0 aliphatic carbocycles. The predicted octanol–water partition coefficient (Wildman–Crippen LogP) is 3.37. The molecule has 0 atom stereocenters. The van der Waals surface area contributed by atoms with Gasteiger partial charge in [-0.3, -0.25) is 19.4 Å². The van der Waals surface area contributed by atoms with Crippen LogP contribution in [0.5, 0.6) is 11.6 Å². The molecule has 0 radical (unpaired) electrons. The molecular weight excluding hydrogens is 422 g/mol. The number of hydrogen-bond acceptors (Lipinski definition) is 7. The first-order chi connectivity index (χ1) is 15.2.